The molecule has 1 unspecified atom stereocenters. The average molecular weight is 258 g/mol. The molecule has 1 heterocycles. The summed E-state index contributed by atoms with van der Waals surface area (Å²) < 4.78 is 1.83. The van der Waals surface area contributed by atoms with E-state index in [0.717, 1.165) is 13.1 Å². The van der Waals surface area contributed by atoms with E-state index in [1.54, 1.807) is 0 Å². The largest absolute Gasteiger partial charge is 0.330 e. The van der Waals surface area contributed by atoms with Crippen LogP contribution in [0, 0.1) is 0 Å². The van der Waals surface area contributed by atoms with Gasteiger partial charge in [0.1, 0.15) is 0 Å². The van der Waals surface area contributed by atoms with Gasteiger partial charge in [0.25, 0.3) is 0 Å². The maximum absolute atomic E-state index is 5.91. The molecule has 2 N–H and O–H groups in total. The Bertz CT molecular complexity index is 492. The first-order valence-electron chi connectivity index (χ1n) is 6.60. The van der Waals surface area contributed by atoms with Crippen LogP contribution >= 0.6 is 0 Å². The van der Waals surface area contributed by atoms with Gasteiger partial charge in [-0.15, -0.1) is 0 Å². The highest BCUT2D eigenvalue weighted by molar-refractivity contribution is 5.20. The van der Waals surface area contributed by atoms with Gasteiger partial charge in [0, 0.05) is 44.4 Å². The SMILES string of the molecule is CN(Cc1cnn(C)c1)CC(CN)c1ccccc1. The lowest BCUT2D eigenvalue weighted by molar-refractivity contribution is 0.305. The van der Waals surface area contributed by atoms with Gasteiger partial charge < -0.3 is 10.6 Å². The second-order valence-corrected chi connectivity index (χ2v) is 5.06. The molecular formula is C15H22N4. The number of nitrogens with two attached hydrogens (primary N) is 1. The van der Waals surface area contributed by atoms with Gasteiger partial charge in [0.05, 0.1) is 6.20 Å². The second kappa shape index (κ2) is 6.50. The minimum Gasteiger partial charge on any atom is -0.330 e. The summed E-state index contributed by atoms with van der Waals surface area (Å²) in [6, 6.07) is 10.5. The molecule has 0 bridgehead atoms. The summed E-state index contributed by atoms with van der Waals surface area (Å²) in [5.74, 6) is 0.378. The van der Waals surface area contributed by atoms with E-state index < -0.39 is 0 Å². The lowest BCUT2D eigenvalue weighted by atomic mass is 9.99. The van der Waals surface area contributed by atoms with Gasteiger partial charge in [-0.2, -0.15) is 5.10 Å². The topological polar surface area (TPSA) is 47.1 Å². The van der Waals surface area contributed by atoms with Crippen molar-refractivity contribution < 1.29 is 0 Å². The zero-order chi connectivity index (χ0) is 13.7. The first-order valence-corrected chi connectivity index (χ1v) is 6.60. The molecule has 1 aromatic carbocycles. The number of aryl methyl sites for hydroxylation is 1. The zero-order valence-corrected chi connectivity index (χ0v) is 11.7. The summed E-state index contributed by atoms with van der Waals surface area (Å²) in [5.41, 5.74) is 8.45. The maximum atomic E-state index is 5.91. The van der Waals surface area contributed by atoms with Crippen molar-refractivity contribution in [2.24, 2.45) is 12.8 Å². The van der Waals surface area contributed by atoms with Crippen LogP contribution in [-0.2, 0) is 13.6 Å². The minimum atomic E-state index is 0.378. The summed E-state index contributed by atoms with van der Waals surface area (Å²) in [7, 11) is 4.06. The summed E-state index contributed by atoms with van der Waals surface area (Å²) in [5, 5.41) is 4.19. The number of rotatable bonds is 6. The normalized spacial score (nSPS) is 12.8. The van der Waals surface area contributed by atoms with Crippen LogP contribution in [0.25, 0.3) is 0 Å². The molecule has 1 aromatic heterocycles. The van der Waals surface area contributed by atoms with E-state index in [0.29, 0.717) is 12.5 Å². The average Bonchev–Trinajstić information content (AvgIpc) is 2.82. The number of benzene rings is 1. The van der Waals surface area contributed by atoms with Crippen molar-refractivity contribution >= 4 is 0 Å². The van der Waals surface area contributed by atoms with Crippen LogP contribution in [0.5, 0.6) is 0 Å². The molecular weight excluding hydrogens is 236 g/mol. The van der Waals surface area contributed by atoms with E-state index in [-0.39, 0.29) is 0 Å². The molecule has 0 saturated heterocycles. The Labute approximate surface area is 114 Å². The first kappa shape index (κ1) is 13.8. The highest BCUT2D eigenvalue weighted by Crippen LogP contribution is 2.16. The Kier molecular flexibility index (Phi) is 4.71. The quantitative estimate of drug-likeness (QED) is 0.856. The number of hydrogen-bond acceptors (Lipinski definition) is 3. The zero-order valence-electron chi connectivity index (χ0n) is 11.7. The van der Waals surface area contributed by atoms with E-state index in [4.69, 9.17) is 5.73 Å². The van der Waals surface area contributed by atoms with Crippen LogP contribution in [0.4, 0.5) is 0 Å². The molecule has 0 radical (unpaired) electrons. The van der Waals surface area contributed by atoms with Crippen LogP contribution in [0.1, 0.15) is 17.0 Å². The van der Waals surface area contributed by atoms with Crippen molar-refractivity contribution in [3.05, 3.63) is 53.9 Å². The van der Waals surface area contributed by atoms with E-state index in [2.05, 4.69) is 47.5 Å². The van der Waals surface area contributed by atoms with Crippen LogP contribution in [0.15, 0.2) is 42.7 Å². The molecule has 4 heteroatoms. The summed E-state index contributed by atoms with van der Waals surface area (Å²) in [6.07, 6.45) is 3.97. The number of likely N-dealkylation sites (N-methyl/N-ethyl adjacent to an activating group) is 1. The van der Waals surface area contributed by atoms with Gasteiger partial charge in [-0.1, -0.05) is 30.3 Å². The molecule has 4 nitrogen and oxygen atoms in total. The van der Waals surface area contributed by atoms with Crippen LogP contribution in [0.3, 0.4) is 0 Å². The molecule has 0 saturated carbocycles. The van der Waals surface area contributed by atoms with Crippen LogP contribution in [-0.4, -0.2) is 34.8 Å². The van der Waals surface area contributed by atoms with Crippen molar-refractivity contribution in [1.29, 1.82) is 0 Å². The molecule has 0 fully saturated rings. The molecule has 2 aromatic rings. The van der Waals surface area contributed by atoms with Gasteiger partial charge in [-0.3, -0.25) is 4.68 Å². The van der Waals surface area contributed by atoms with Crippen molar-refractivity contribution in [3.63, 3.8) is 0 Å². The molecule has 1 atom stereocenters. The van der Waals surface area contributed by atoms with E-state index in [1.165, 1.54) is 11.1 Å². The molecule has 0 spiro atoms. The van der Waals surface area contributed by atoms with Crippen LogP contribution in [0.2, 0.25) is 0 Å². The Morgan fingerprint density at radius 1 is 1.32 bits per heavy atom. The third-order valence-electron chi connectivity index (χ3n) is 3.30. The predicted octanol–water partition coefficient (Wildman–Crippen LogP) is 1.59. The van der Waals surface area contributed by atoms with Gasteiger partial charge in [-0.05, 0) is 12.6 Å². The van der Waals surface area contributed by atoms with E-state index in [1.807, 2.05) is 24.0 Å². The summed E-state index contributed by atoms with van der Waals surface area (Å²) in [4.78, 5) is 2.29. The molecule has 102 valence electrons. The predicted molar refractivity (Wildman–Crippen MR) is 77.8 cm³/mol. The fourth-order valence-corrected chi connectivity index (χ4v) is 2.35. The molecule has 2 rings (SSSR count). The van der Waals surface area contributed by atoms with Crippen molar-refractivity contribution in [2.75, 3.05) is 20.1 Å². The van der Waals surface area contributed by atoms with Crippen molar-refractivity contribution in [3.8, 4) is 0 Å². The van der Waals surface area contributed by atoms with E-state index in [9.17, 15) is 0 Å². The number of aromatic nitrogens is 2. The van der Waals surface area contributed by atoms with Gasteiger partial charge in [0.15, 0.2) is 0 Å². The molecule has 0 aliphatic carbocycles. The minimum absolute atomic E-state index is 0.378. The third-order valence-corrected chi connectivity index (χ3v) is 3.30. The fourth-order valence-electron chi connectivity index (χ4n) is 2.35. The standard InChI is InChI=1S/C15H22N4/c1-18(10-13-9-17-19(2)11-13)12-15(8-16)14-6-4-3-5-7-14/h3-7,9,11,15H,8,10,12,16H2,1-2H3. The number of nitrogens with zero attached hydrogens (tertiary/aromatic N) is 3. The second-order valence-electron chi connectivity index (χ2n) is 5.06. The smallest absolute Gasteiger partial charge is 0.0534 e. The Balaban J connectivity index is 1.95. The maximum Gasteiger partial charge on any atom is 0.0534 e. The van der Waals surface area contributed by atoms with Gasteiger partial charge in [-0.25, -0.2) is 0 Å². The lowest BCUT2D eigenvalue weighted by Crippen LogP contribution is -2.28. The van der Waals surface area contributed by atoms with Crippen molar-refractivity contribution in [2.45, 2.75) is 12.5 Å². The monoisotopic (exact) mass is 258 g/mol. The molecule has 0 amide bonds. The highest BCUT2D eigenvalue weighted by Gasteiger charge is 2.12. The summed E-state index contributed by atoms with van der Waals surface area (Å²) in [6.45, 7) is 2.52. The lowest BCUT2D eigenvalue weighted by Gasteiger charge is -2.23. The first-order chi connectivity index (χ1) is 9.19. The Hall–Kier alpha value is -1.65. The fraction of sp³-hybridized carbons (Fsp3) is 0.400. The van der Waals surface area contributed by atoms with Crippen LogP contribution < -0.4 is 5.73 Å². The Morgan fingerprint density at radius 3 is 2.63 bits per heavy atom. The van der Waals surface area contributed by atoms with Gasteiger partial charge >= 0.3 is 0 Å². The Morgan fingerprint density at radius 2 is 2.05 bits per heavy atom. The molecule has 0 aliphatic heterocycles. The third kappa shape index (κ3) is 3.91. The molecule has 0 aliphatic rings. The van der Waals surface area contributed by atoms with E-state index >= 15 is 0 Å². The molecule has 19 heavy (non-hydrogen) atoms. The highest BCUT2D eigenvalue weighted by atomic mass is 15.2. The summed E-state index contributed by atoms with van der Waals surface area (Å²) >= 11 is 0. The van der Waals surface area contributed by atoms with Crippen molar-refractivity contribution in [1.82, 2.24) is 14.7 Å². The van der Waals surface area contributed by atoms with Gasteiger partial charge in [0.2, 0.25) is 0 Å². The number of hydrogen-bond donors (Lipinski definition) is 1.